The minimum Gasteiger partial charge on any atom is -0.286 e. The lowest BCUT2D eigenvalue weighted by atomic mass is 10.1. The number of aliphatic imine (C=N–C) groups is 1. The van der Waals surface area contributed by atoms with Gasteiger partial charge in [0.25, 0.3) is 5.91 Å². The fraction of sp³-hybridized carbons (Fsp3) is 0.238. The molecule has 4 heteroatoms. The second kappa shape index (κ2) is 7.70. The van der Waals surface area contributed by atoms with Crippen LogP contribution in [0.25, 0.3) is 6.08 Å². The first kappa shape index (κ1) is 17.5. The maximum atomic E-state index is 12.8. The van der Waals surface area contributed by atoms with Crippen LogP contribution in [0, 0.1) is 13.8 Å². The molecule has 1 fully saturated rings. The minimum atomic E-state index is 0.0426. The highest BCUT2D eigenvalue weighted by Crippen LogP contribution is 2.34. The number of nitrogens with zero attached hydrogens (tertiary/aromatic N) is 2. The van der Waals surface area contributed by atoms with Gasteiger partial charge in [0.05, 0.1) is 10.6 Å². The molecule has 0 unspecified atom stereocenters. The summed E-state index contributed by atoms with van der Waals surface area (Å²) in [5.41, 5.74) is 4.31. The van der Waals surface area contributed by atoms with Crippen LogP contribution in [0.3, 0.4) is 0 Å². The van der Waals surface area contributed by atoms with E-state index in [1.165, 1.54) is 17.3 Å². The van der Waals surface area contributed by atoms with Crippen LogP contribution >= 0.6 is 11.8 Å². The van der Waals surface area contributed by atoms with E-state index in [9.17, 15) is 4.79 Å². The summed E-state index contributed by atoms with van der Waals surface area (Å²) >= 11 is 1.46. The van der Waals surface area contributed by atoms with Crippen LogP contribution in [0.15, 0.2) is 58.4 Å². The van der Waals surface area contributed by atoms with Crippen LogP contribution in [-0.2, 0) is 4.79 Å². The SMILES string of the molecule is CCCN1C(=O)/C(=C\c2ccccc2C)SC1=Nc1ccc(C)cc1. The fourth-order valence-electron chi connectivity index (χ4n) is 2.63. The average Bonchev–Trinajstić information content (AvgIpc) is 2.88. The van der Waals surface area contributed by atoms with Crippen molar-refractivity contribution in [3.63, 3.8) is 0 Å². The molecular formula is C21H22N2OS. The van der Waals surface area contributed by atoms with Gasteiger partial charge in [-0.2, -0.15) is 0 Å². The smallest absolute Gasteiger partial charge is 0.266 e. The van der Waals surface area contributed by atoms with Crippen LogP contribution < -0.4 is 0 Å². The van der Waals surface area contributed by atoms with Gasteiger partial charge in [-0.3, -0.25) is 9.69 Å². The lowest BCUT2D eigenvalue weighted by Gasteiger charge is -2.14. The molecule has 25 heavy (non-hydrogen) atoms. The van der Waals surface area contributed by atoms with E-state index in [2.05, 4.69) is 26.8 Å². The lowest BCUT2D eigenvalue weighted by molar-refractivity contribution is -0.122. The molecule has 1 aliphatic heterocycles. The summed E-state index contributed by atoms with van der Waals surface area (Å²) in [5, 5.41) is 0.760. The predicted octanol–water partition coefficient (Wildman–Crippen LogP) is 5.32. The topological polar surface area (TPSA) is 32.7 Å². The molecule has 1 saturated heterocycles. The maximum absolute atomic E-state index is 12.8. The highest BCUT2D eigenvalue weighted by Gasteiger charge is 2.32. The van der Waals surface area contributed by atoms with Crippen LogP contribution in [0.5, 0.6) is 0 Å². The van der Waals surface area contributed by atoms with E-state index in [1.54, 1.807) is 4.90 Å². The Balaban J connectivity index is 1.95. The van der Waals surface area contributed by atoms with Gasteiger partial charge in [-0.25, -0.2) is 4.99 Å². The van der Waals surface area contributed by atoms with E-state index in [0.29, 0.717) is 6.54 Å². The Hall–Kier alpha value is -2.33. The van der Waals surface area contributed by atoms with E-state index in [1.807, 2.05) is 48.5 Å². The summed E-state index contributed by atoms with van der Waals surface area (Å²) in [5.74, 6) is 0.0426. The molecule has 1 heterocycles. The Labute approximate surface area is 153 Å². The number of amides is 1. The van der Waals surface area contributed by atoms with Gasteiger partial charge >= 0.3 is 0 Å². The molecule has 3 nitrogen and oxygen atoms in total. The predicted molar refractivity (Wildman–Crippen MR) is 107 cm³/mol. The zero-order valence-corrected chi connectivity index (χ0v) is 15.6. The molecule has 0 N–H and O–H groups in total. The zero-order chi connectivity index (χ0) is 17.8. The third kappa shape index (κ3) is 4.02. The molecule has 0 aromatic heterocycles. The molecule has 0 bridgehead atoms. The van der Waals surface area contributed by atoms with Gasteiger partial charge in [-0.1, -0.05) is 48.9 Å². The number of hydrogen-bond acceptors (Lipinski definition) is 3. The van der Waals surface area contributed by atoms with Crippen molar-refractivity contribution >= 4 is 34.6 Å². The first-order valence-electron chi connectivity index (χ1n) is 8.51. The lowest BCUT2D eigenvalue weighted by Crippen LogP contribution is -2.29. The monoisotopic (exact) mass is 350 g/mol. The average molecular weight is 350 g/mol. The number of carbonyl (C=O) groups is 1. The van der Waals surface area contributed by atoms with Gasteiger partial charge in [0, 0.05) is 6.54 Å². The van der Waals surface area contributed by atoms with Gasteiger partial charge in [0.1, 0.15) is 0 Å². The molecule has 1 amide bonds. The summed E-state index contributed by atoms with van der Waals surface area (Å²) < 4.78 is 0. The fourth-order valence-corrected chi connectivity index (χ4v) is 3.65. The van der Waals surface area contributed by atoms with Gasteiger partial charge in [0.15, 0.2) is 5.17 Å². The normalized spacial score (nSPS) is 17.7. The van der Waals surface area contributed by atoms with E-state index in [4.69, 9.17) is 4.99 Å². The summed E-state index contributed by atoms with van der Waals surface area (Å²) in [6.07, 6.45) is 2.87. The van der Waals surface area contributed by atoms with Gasteiger partial charge in [0.2, 0.25) is 0 Å². The molecule has 1 aliphatic rings. The summed E-state index contributed by atoms with van der Waals surface area (Å²) in [7, 11) is 0. The molecule has 0 radical (unpaired) electrons. The first-order valence-corrected chi connectivity index (χ1v) is 9.32. The number of benzene rings is 2. The Morgan fingerprint density at radius 2 is 1.80 bits per heavy atom. The Bertz CT molecular complexity index is 837. The molecule has 2 aromatic carbocycles. The Morgan fingerprint density at radius 3 is 2.48 bits per heavy atom. The highest BCUT2D eigenvalue weighted by atomic mass is 32.2. The second-order valence-electron chi connectivity index (χ2n) is 6.15. The molecule has 0 aliphatic carbocycles. The summed E-state index contributed by atoms with van der Waals surface area (Å²) in [6, 6.07) is 16.1. The second-order valence-corrected chi connectivity index (χ2v) is 7.16. The van der Waals surface area contributed by atoms with Crippen molar-refractivity contribution in [2.45, 2.75) is 27.2 Å². The van der Waals surface area contributed by atoms with Crippen LogP contribution in [-0.4, -0.2) is 22.5 Å². The van der Waals surface area contributed by atoms with E-state index < -0.39 is 0 Å². The number of hydrogen-bond donors (Lipinski definition) is 0. The number of thioether (sulfide) groups is 1. The summed E-state index contributed by atoms with van der Waals surface area (Å²) in [6.45, 7) is 6.87. The van der Waals surface area contributed by atoms with E-state index >= 15 is 0 Å². The van der Waals surface area contributed by atoms with Crippen molar-refractivity contribution in [2.24, 2.45) is 4.99 Å². The molecule has 2 aromatic rings. The highest BCUT2D eigenvalue weighted by molar-refractivity contribution is 8.18. The van der Waals surface area contributed by atoms with Crippen molar-refractivity contribution in [3.05, 3.63) is 70.1 Å². The summed E-state index contributed by atoms with van der Waals surface area (Å²) in [4.78, 5) is 20.0. The van der Waals surface area contributed by atoms with Crippen molar-refractivity contribution in [2.75, 3.05) is 6.54 Å². The quantitative estimate of drug-likeness (QED) is 0.699. The third-order valence-electron chi connectivity index (χ3n) is 4.07. The van der Waals surface area contributed by atoms with Gasteiger partial charge in [-0.15, -0.1) is 0 Å². The van der Waals surface area contributed by atoms with Crippen molar-refractivity contribution in [3.8, 4) is 0 Å². The van der Waals surface area contributed by atoms with Crippen LogP contribution in [0.2, 0.25) is 0 Å². The van der Waals surface area contributed by atoms with Gasteiger partial charge in [-0.05, 0) is 61.4 Å². The number of amidine groups is 1. The molecule has 0 spiro atoms. The third-order valence-corrected chi connectivity index (χ3v) is 5.08. The number of aryl methyl sites for hydroxylation is 2. The first-order chi connectivity index (χ1) is 12.1. The van der Waals surface area contributed by atoms with Crippen molar-refractivity contribution < 1.29 is 4.79 Å². The number of carbonyl (C=O) groups excluding carboxylic acids is 1. The standard InChI is InChI=1S/C21H22N2OS/c1-4-13-23-20(24)19(14-17-8-6-5-7-16(17)3)25-21(23)22-18-11-9-15(2)10-12-18/h5-12,14H,4,13H2,1-3H3/b19-14+,22-21?. The Kier molecular flexibility index (Phi) is 5.39. The maximum Gasteiger partial charge on any atom is 0.266 e. The van der Waals surface area contributed by atoms with Gasteiger partial charge < -0.3 is 0 Å². The molecule has 0 atom stereocenters. The number of rotatable bonds is 4. The van der Waals surface area contributed by atoms with E-state index in [0.717, 1.165) is 33.3 Å². The molecule has 128 valence electrons. The Morgan fingerprint density at radius 1 is 1.08 bits per heavy atom. The minimum absolute atomic E-state index is 0.0426. The molecule has 3 rings (SSSR count). The van der Waals surface area contributed by atoms with Crippen LogP contribution in [0.1, 0.15) is 30.0 Å². The molecular weight excluding hydrogens is 328 g/mol. The van der Waals surface area contributed by atoms with E-state index in [-0.39, 0.29) is 5.91 Å². The molecule has 0 saturated carbocycles. The zero-order valence-electron chi connectivity index (χ0n) is 14.8. The largest absolute Gasteiger partial charge is 0.286 e. The van der Waals surface area contributed by atoms with Crippen LogP contribution in [0.4, 0.5) is 5.69 Å². The van der Waals surface area contributed by atoms with Crippen molar-refractivity contribution in [1.82, 2.24) is 4.90 Å². The van der Waals surface area contributed by atoms with Crippen molar-refractivity contribution in [1.29, 1.82) is 0 Å².